The van der Waals surface area contributed by atoms with Crippen molar-refractivity contribution < 1.29 is 19.1 Å². The summed E-state index contributed by atoms with van der Waals surface area (Å²) in [6, 6.07) is 10.7. The first-order chi connectivity index (χ1) is 11.8. The van der Waals surface area contributed by atoms with Crippen LogP contribution in [0.1, 0.15) is 34.6 Å². The third-order valence-corrected chi connectivity index (χ3v) is 4.11. The Morgan fingerprint density at radius 3 is 2.12 bits per heavy atom. The van der Waals surface area contributed by atoms with Gasteiger partial charge in [0.25, 0.3) is 5.91 Å². The van der Waals surface area contributed by atoms with E-state index in [1.807, 2.05) is 0 Å². The van der Waals surface area contributed by atoms with Gasteiger partial charge in [0.05, 0.1) is 15.6 Å². The SMILES string of the molecule is CC(=O)c1ccc(NC(=O)[C@H](C)OC(=O)c2ccc(Cl)c(Cl)c2)cc1. The standard InChI is InChI=1S/C18H15Cl2NO4/c1-10(22)12-3-6-14(7-4-12)21-17(23)11(2)25-18(24)13-5-8-15(19)16(20)9-13/h3-9,11H,1-2H3,(H,21,23)/t11-/m0/s1. The molecule has 1 amide bonds. The van der Waals surface area contributed by atoms with Crippen LogP contribution in [-0.4, -0.2) is 23.8 Å². The highest BCUT2D eigenvalue weighted by Crippen LogP contribution is 2.23. The maximum Gasteiger partial charge on any atom is 0.338 e. The molecule has 5 nitrogen and oxygen atoms in total. The zero-order chi connectivity index (χ0) is 18.6. The molecule has 2 aromatic carbocycles. The molecule has 0 aliphatic heterocycles. The van der Waals surface area contributed by atoms with Crippen molar-refractivity contribution in [1.82, 2.24) is 0 Å². The second-order valence-electron chi connectivity index (χ2n) is 5.30. The van der Waals surface area contributed by atoms with E-state index in [-0.39, 0.29) is 16.4 Å². The van der Waals surface area contributed by atoms with Gasteiger partial charge < -0.3 is 10.1 Å². The molecule has 0 aliphatic rings. The van der Waals surface area contributed by atoms with Crippen LogP contribution in [0, 0.1) is 0 Å². The number of hydrogen-bond acceptors (Lipinski definition) is 4. The summed E-state index contributed by atoms with van der Waals surface area (Å²) in [5.74, 6) is -1.25. The van der Waals surface area contributed by atoms with Crippen molar-refractivity contribution in [3.8, 4) is 0 Å². The first-order valence-corrected chi connectivity index (χ1v) is 8.11. The molecule has 2 aromatic rings. The van der Waals surface area contributed by atoms with Crippen LogP contribution in [0.5, 0.6) is 0 Å². The molecular weight excluding hydrogens is 365 g/mol. The molecule has 0 spiro atoms. The third-order valence-electron chi connectivity index (χ3n) is 3.37. The van der Waals surface area contributed by atoms with Crippen molar-refractivity contribution in [2.45, 2.75) is 20.0 Å². The van der Waals surface area contributed by atoms with Crippen LogP contribution < -0.4 is 5.32 Å². The second kappa shape index (κ2) is 8.14. The van der Waals surface area contributed by atoms with E-state index in [2.05, 4.69) is 5.32 Å². The minimum Gasteiger partial charge on any atom is -0.449 e. The number of hydrogen-bond donors (Lipinski definition) is 1. The number of carbonyl (C=O) groups is 3. The molecule has 130 valence electrons. The van der Waals surface area contributed by atoms with Gasteiger partial charge in [0.2, 0.25) is 0 Å². The fourth-order valence-corrected chi connectivity index (χ4v) is 2.24. The van der Waals surface area contributed by atoms with Gasteiger partial charge in [0.15, 0.2) is 11.9 Å². The molecule has 1 atom stereocenters. The lowest BCUT2D eigenvalue weighted by Gasteiger charge is -2.14. The topological polar surface area (TPSA) is 72.5 Å². The van der Waals surface area contributed by atoms with Gasteiger partial charge in [-0.05, 0) is 56.3 Å². The van der Waals surface area contributed by atoms with Gasteiger partial charge in [0, 0.05) is 11.3 Å². The normalized spacial score (nSPS) is 11.5. The number of rotatable bonds is 5. The average molecular weight is 380 g/mol. The Morgan fingerprint density at radius 1 is 0.960 bits per heavy atom. The molecule has 0 radical (unpaired) electrons. The molecule has 0 saturated carbocycles. The Labute approximate surface area is 154 Å². The van der Waals surface area contributed by atoms with Crippen LogP contribution >= 0.6 is 23.2 Å². The van der Waals surface area contributed by atoms with Crippen LogP contribution in [0.25, 0.3) is 0 Å². The van der Waals surface area contributed by atoms with Crippen molar-refractivity contribution in [2.75, 3.05) is 5.32 Å². The van der Waals surface area contributed by atoms with Crippen molar-refractivity contribution in [1.29, 1.82) is 0 Å². The van der Waals surface area contributed by atoms with E-state index in [4.69, 9.17) is 27.9 Å². The summed E-state index contributed by atoms with van der Waals surface area (Å²) in [4.78, 5) is 35.4. The van der Waals surface area contributed by atoms with Crippen LogP contribution in [0.3, 0.4) is 0 Å². The van der Waals surface area contributed by atoms with E-state index in [1.165, 1.54) is 32.0 Å². The highest BCUT2D eigenvalue weighted by molar-refractivity contribution is 6.42. The minimum absolute atomic E-state index is 0.0678. The molecule has 0 aliphatic carbocycles. The molecule has 0 bridgehead atoms. The Balaban J connectivity index is 1.98. The van der Waals surface area contributed by atoms with Gasteiger partial charge in [-0.25, -0.2) is 4.79 Å². The summed E-state index contributed by atoms with van der Waals surface area (Å²) in [7, 11) is 0. The Hall–Kier alpha value is -2.37. The van der Waals surface area contributed by atoms with Crippen LogP contribution in [0.4, 0.5) is 5.69 Å². The van der Waals surface area contributed by atoms with Crippen LogP contribution in [0.2, 0.25) is 10.0 Å². The fourth-order valence-electron chi connectivity index (χ4n) is 1.94. The van der Waals surface area contributed by atoms with E-state index in [0.717, 1.165) is 0 Å². The summed E-state index contributed by atoms with van der Waals surface area (Å²) < 4.78 is 5.12. The molecular formula is C18H15Cl2NO4. The number of nitrogens with one attached hydrogen (secondary N) is 1. The number of ketones is 1. The molecule has 0 fully saturated rings. The van der Waals surface area contributed by atoms with Crippen LogP contribution in [0.15, 0.2) is 42.5 Å². The number of benzene rings is 2. The molecule has 7 heteroatoms. The Bertz CT molecular complexity index is 818. The van der Waals surface area contributed by atoms with Gasteiger partial charge in [0.1, 0.15) is 0 Å². The highest BCUT2D eigenvalue weighted by atomic mass is 35.5. The summed E-state index contributed by atoms with van der Waals surface area (Å²) in [6.07, 6.45) is -1.02. The molecule has 1 N–H and O–H groups in total. The molecule has 2 rings (SSSR count). The summed E-state index contributed by atoms with van der Waals surface area (Å²) in [6.45, 7) is 2.91. The molecule has 0 heterocycles. The zero-order valence-corrected chi connectivity index (χ0v) is 15.0. The first-order valence-electron chi connectivity index (χ1n) is 7.36. The van der Waals surface area contributed by atoms with E-state index < -0.39 is 18.0 Å². The number of amides is 1. The lowest BCUT2D eigenvalue weighted by Crippen LogP contribution is -2.30. The summed E-state index contributed by atoms with van der Waals surface area (Å²) in [5, 5.41) is 3.15. The molecule has 0 saturated heterocycles. The van der Waals surface area contributed by atoms with E-state index in [0.29, 0.717) is 16.3 Å². The highest BCUT2D eigenvalue weighted by Gasteiger charge is 2.19. The van der Waals surface area contributed by atoms with Crippen molar-refractivity contribution >= 4 is 46.5 Å². The average Bonchev–Trinajstić information content (AvgIpc) is 2.57. The summed E-state index contributed by atoms with van der Waals surface area (Å²) >= 11 is 11.6. The zero-order valence-electron chi connectivity index (χ0n) is 13.5. The Morgan fingerprint density at radius 2 is 1.56 bits per heavy atom. The maximum absolute atomic E-state index is 12.1. The van der Waals surface area contributed by atoms with Gasteiger partial charge in [-0.2, -0.15) is 0 Å². The number of ether oxygens (including phenoxy) is 1. The first kappa shape index (κ1) is 19.0. The van der Waals surface area contributed by atoms with E-state index >= 15 is 0 Å². The lowest BCUT2D eigenvalue weighted by molar-refractivity contribution is -0.123. The number of Topliss-reactive ketones (excluding diaryl/α,β-unsaturated/α-hetero) is 1. The minimum atomic E-state index is -1.02. The second-order valence-corrected chi connectivity index (χ2v) is 6.11. The van der Waals surface area contributed by atoms with Crippen molar-refractivity contribution in [2.24, 2.45) is 0 Å². The maximum atomic E-state index is 12.1. The van der Waals surface area contributed by atoms with Crippen molar-refractivity contribution in [3.63, 3.8) is 0 Å². The molecule has 0 aromatic heterocycles. The van der Waals surface area contributed by atoms with E-state index in [1.54, 1.807) is 24.3 Å². The number of anilines is 1. The predicted octanol–water partition coefficient (Wildman–Crippen LogP) is 4.38. The van der Waals surface area contributed by atoms with Gasteiger partial charge in [-0.15, -0.1) is 0 Å². The predicted molar refractivity (Wildman–Crippen MR) is 96.4 cm³/mol. The number of carbonyl (C=O) groups excluding carboxylic acids is 3. The number of halogens is 2. The molecule has 25 heavy (non-hydrogen) atoms. The Kier molecular flexibility index (Phi) is 6.17. The van der Waals surface area contributed by atoms with Gasteiger partial charge in [-0.1, -0.05) is 23.2 Å². The number of esters is 1. The van der Waals surface area contributed by atoms with Crippen molar-refractivity contribution in [3.05, 3.63) is 63.6 Å². The van der Waals surface area contributed by atoms with Gasteiger partial charge >= 0.3 is 5.97 Å². The monoisotopic (exact) mass is 379 g/mol. The lowest BCUT2D eigenvalue weighted by atomic mass is 10.1. The van der Waals surface area contributed by atoms with Crippen LogP contribution in [-0.2, 0) is 9.53 Å². The fraction of sp³-hybridized carbons (Fsp3) is 0.167. The quantitative estimate of drug-likeness (QED) is 0.617. The van der Waals surface area contributed by atoms with Gasteiger partial charge in [-0.3, -0.25) is 9.59 Å². The summed E-state index contributed by atoms with van der Waals surface area (Å²) in [5.41, 5.74) is 1.23. The largest absolute Gasteiger partial charge is 0.449 e. The van der Waals surface area contributed by atoms with E-state index in [9.17, 15) is 14.4 Å². The molecule has 0 unspecified atom stereocenters. The third kappa shape index (κ3) is 5.05. The smallest absolute Gasteiger partial charge is 0.338 e.